The van der Waals surface area contributed by atoms with Gasteiger partial charge in [0.15, 0.2) is 0 Å². The Kier molecular flexibility index (Phi) is 8.33. The summed E-state index contributed by atoms with van der Waals surface area (Å²) in [6, 6.07) is 55.7. The third-order valence-corrected chi connectivity index (χ3v) is 9.49. The number of aryl methyl sites for hydroxylation is 1. The maximum absolute atomic E-state index is 8.87. The van der Waals surface area contributed by atoms with E-state index in [0.717, 1.165) is 26.7 Å². The van der Waals surface area contributed by atoms with Crippen molar-refractivity contribution in [2.24, 2.45) is 0 Å². The molecular formula is C46H32IrN2S-2. The van der Waals surface area contributed by atoms with E-state index >= 15 is 0 Å². The maximum Gasteiger partial charge on any atom is 0.0366 e. The first kappa shape index (κ1) is 27.6. The molecule has 6 aromatic carbocycles. The van der Waals surface area contributed by atoms with Crippen LogP contribution in [0.5, 0.6) is 0 Å². The number of thiophene rings is 1. The predicted molar refractivity (Wildman–Crippen MR) is 207 cm³/mol. The second-order valence-corrected chi connectivity index (χ2v) is 12.6. The number of fused-ring (bicyclic) bond motifs is 5. The van der Waals surface area contributed by atoms with Gasteiger partial charge < -0.3 is 9.97 Å². The summed E-state index contributed by atoms with van der Waals surface area (Å²) >= 11 is 1.70. The fourth-order valence-electron chi connectivity index (χ4n) is 5.97. The average Bonchev–Trinajstić information content (AvgIpc) is 3.60. The number of aromatic nitrogens is 2. The number of benzene rings is 6. The van der Waals surface area contributed by atoms with Crippen LogP contribution in [0.15, 0.2) is 164 Å². The van der Waals surface area contributed by atoms with Crippen LogP contribution in [0.1, 0.15) is 23.5 Å². The van der Waals surface area contributed by atoms with E-state index in [0.29, 0.717) is 16.8 Å². The molecule has 0 aliphatic heterocycles. The van der Waals surface area contributed by atoms with Gasteiger partial charge in [-0.3, -0.25) is 0 Å². The average molecular weight is 842 g/mol. The summed E-state index contributed by atoms with van der Waals surface area (Å²) in [5, 5.41) is 4.58. The van der Waals surface area contributed by atoms with Crippen LogP contribution >= 0.6 is 11.3 Å². The van der Waals surface area contributed by atoms with Crippen molar-refractivity contribution in [1.82, 2.24) is 9.97 Å². The van der Waals surface area contributed by atoms with Gasteiger partial charge in [-0.2, -0.15) is 11.3 Å². The first-order chi connectivity index (χ1) is 26.2. The standard InChI is InChI=1S/C29H20NS.C17H12N.Ir/c1-19-18-30-26(17-23(19)15-20-7-3-2-4-8-20)22-12-13-27-25(16-22)29-24-10-6-5-9-21(24)11-14-28(29)31-27;1-2-7-14(8-3-1)15-9-6-10-16(13-15)17-11-4-5-12-18-17;/h2-11,13-14,16-18H,15H2,1H3;1-9,11-13H;/q2*-1;/i1D3,15D2;;. The van der Waals surface area contributed by atoms with Crippen molar-refractivity contribution in [1.29, 1.82) is 0 Å². The molecule has 9 aromatic rings. The van der Waals surface area contributed by atoms with Gasteiger partial charge >= 0.3 is 0 Å². The van der Waals surface area contributed by atoms with Gasteiger partial charge in [0, 0.05) is 44.1 Å². The molecule has 0 saturated heterocycles. The monoisotopic (exact) mass is 842 g/mol. The molecule has 3 heterocycles. The topological polar surface area (TPSA) is 25.8 Å². The zero-order valence-electron chi connectivity index (χ0n) is 31.7. The van der Waals surface area contributed by atoms with Crippen molar-refractivity contribution < 1.29 is 27.0 Å². The molecule has 0 atom stereocenters. The van der Waals surface area contributed by atoms with Crippen LogP contribution in [0.2, 0.25) is 0 Å². The SMILES string of the molecule is [2H]C([2H])([2H])c1cnc(-c2[c-]cc3sc4ccc5ccccc5c4c3c2)cc1C([2H])([2H])c1ccccc1.[Ir].[c-]1ccc(-c2ccccc2)cc1-c1ccccn1. The molecule has 3 aromatic heterocycles. The minimum Gasteiger partial charge on any atom is -0.305 e. The van der Waals surface area contributed by atoms with E-state index in [1.54, 1.807) is 53.9 Å². The number of pyridine rings is 2. The second-order valence-electron chi connectivity index (χ2n) is 11.6. The van der Waals surface area contributed by atoms with Crippen LogP contribution < -0.4 is 0 Å². The molecule has 0 aliphatic carbocycles. The molecule has 1 radical (unpaired) electrons. The molecule has 0 saturated carbocycles. The van der Waals surface area contributed by atoms with Crippen LogP contribution in [0.25, 0.3) is 64.6 Å². The van der Waals surface area contributed by atoms with E-state index in [9.17, 15) is 0 Å². The van der Waals surface area contributed by atoms with Gasteiger partial charge in [0.05, 0.1) is 0 Å². The summed E-state index contributed by atoms with van der Waals surface area (Å²) in [4.78, 5) is 8.81. The minimum absolute atomic E-state index is 0. The Morgan fingerprint density at radius 2 is 1.44 bits per heavy atom. The van der Waals surface area contributed by atoms with Crippen LogP contribution in [-0.4, -0.2) is 9.97 Å². The van der Waals surface area contributed by atoms with E-state index in [1.807, 2.05) is 66.7 Å². The summed E-state index contributed by atoms with van der Waals surface area (Å²) in [5.74, 6) is 0. The Hall–Kier alpha value is -5.25. The van der Waals surface area contributed by atoms with Crippen molar-refractivity contribution in [2.75, 3.05) is 0 Å². The Morgan fingerprint density at radius 1 is 0.660 bits per heavy atom. The number of hydrogen-bond donors (Lipinski definition) is 0. The molecule has 0 unspecified atom stereocenters. The molecule has 0 spiro atoms. The van der Waals surface area contributed by atoms with Crippen LogP contribution in [0.4, 0.5) is 0 Å². The Morgan fingerprint density at radius 3 is 2.26 bits per heavy atom. The fraction of sp³-hybridized carbons (Fsp3) is 0.0435. The molecule has 9 rings (SSSR count). The van der Waals surface area contributed by atoms with Gasteiger partial charge in [0.2, 0.25) is 0 Å². The summed E-state index contributed by atoms with van der Waals surface area (Å²) in [7, 11) is 0. The van der Waals surface area contributed by atoms with Gasteiger partial charge in [-0.05, 0) is 79.9 Å². The third-order valence-electron chi connectivity index (χ3n) is 8.38. The van der Waals surface area contributed by atoms with Crippen molar-refractivity contribution in [3.63, 3.8) is 0 Å². The van der Waals surface area contributed by atoms with E-state index < -0.39 is 13.2 Å². The zero-order chi connectivity index (χ0) is 37.3. The number of nitrogens with zero attached hydrogens (tertiary/aromatic N) is 2. The van der Waals surface area contributed by atoms with E-state index in [-0.39, 0.29) is 31.2 Å². The van der Waals surface area contributed by atoms with E-state index in [1.165, 1.54) is 32.8 Å². The fourth-order valence-corrected chi connectivity index (χ4v) is 7.05. The summed E-state index contributed by atoms with van der Waals surface area (Å²) < 4.78 is 44.0. The molecule has 2 nitrogen and oxygen atoms in total. The molecule has 50 heavy (non-hydrogen) atoms. The molecular weight excluding hydrogens is 805 g/mol. The maximum atomic E-state index is 8.87. The predicted octanol–water partition coefficient (Wildman–Crippen LogP) is 12.2. The Balaban J connectivity index is 0.000000206. The van der Waals surface area contributed by atoms with E-state index in [2.05, 4.69) is 70.6 Å². The van der Waals surface area contributed by atoms with E-state index in [4.69, 9.17) is 6.85 Å². The van der Waals surface area contributed by atoms with Gasteiger partial charge in [-0.25, -0.2) is 0 Å². The van der Waals surface area contributed by atoms with Crippen LogP contribution in [0, 0.1) is 19.0 Å². The Bertz CT molecular complexity index is 2680. The normalized spacial score (nSPS) is 12.8. The second kappa shape index (κ2) is 15.1. The summed E-state index contributed by atoms with van der Waals surface area (Å²) in [6.07, 6.45) is 1.08. The number of hydrogen-bond acceptors (Lipinski definition) is 3. The minimum atomic E-state index is -2.50. The first-order valence-electron chi connectivity index (χ1n) is 18.5. The molecule has 0 N–H and O–H groups in total. The molecule has 0 amide bonds. The first-order valence-corrected chi connectivity index (χ1v) is 16.8. The van der Waals surface area contributed by atoms with Crippen LogP contribution in [-0.2, 0) is 26.5 Å². The molecule has 0 aliphatic rings. The third kappa shape index (κ3) is 7.06. The molecule has 0 bridgehead atoms. The van der Waals surface area contributed by atoms with Gasteiger partial charge in [-0.15, -0.1) is 59.2 Å². The quantitative estimate of drug-likeness (QED) is 0.161. The Labute approximate surface area is 317 Å². The summed E-state index contributed by atoms with van der Waals surface area (Å²) in [6.45, 7) is -2.50. The largest absolute Gasteiger partial charge is 0.305 e. The smallest absolute Gasteiger partial charge is 0.0366 e. The van der Waals surface area contributed by atoms with Gasteiger partial charge in [-0.1, -0.05) is 115 Å². The summed E-state index contributed by atoms with van der Waals surface area (Å²) in [5.41, 5.74) is 5.95. The molecule has 243 valence electrons. The zero-order valence-corrected chi connectivity index (χ0v) is 29.9. The molecule has 4 heteroatoms. The van der Waals surface area contributed by atoms with Gasteiger partial charge in [0.25, 0.3) is 0 Å². The van der Waals surface area contributed by atoms with Crippen molar-refractivity contribution in [3.8, 4) is 33.6 Å². The van der Waals surface area contributed by atoms with Crippen molar-refractivity contribution >= 4 is 42.3 Å². The number of rotatable bonds is 5. The van der Waals surface area contributed by atoms with Gasteiger partial charge in [0.1, 0.15) is 0 Å². The van der Waals surface area contributed by atoms with Crippen molar-refractivity contribution in [2.45, 2.75) is 13.2 Å². The molecule has 0 fully saturated rings. The van der Waals surface area contributed by atoms with Crippen LogP contribution in [0.3, 0.4) is 0 Å². The van der Waals surface area contributed by atoms with Crippen molar-refractivity contribution in [3.05, 3.63) is 193 Å².